The molecule has 0 atom stereocenters. The van der Waals surface area contributed by atoms with Crippen LogP contribution in [-0.2, 0) is 19.4 Å². The second-order valence-corrected chi connectivity index (χ2v) is 9.05. The Morgan fingerprint density at radius 3 is 2.59 bits per heavy atom. The highest BCUT2D eigenvalue weighted by Gasteiger charge is 2.26. The van der Waals surface area contributed by atoms with Gasteiger partial charge in [0.2, 0.25) is 0 Å². The van der Waals surface area contributed by atoms with Crippen LogP contribution in [0.25, 0.3) is 11.3 Å². The molecule has 32 heavy (non-hydrogen) atoms. The molecule has 5 nitrogen and oxygen atoms in total. The molecule has 5 rings (SSSR count). The van der Waals surface area contributed by atoms with Crippen molar-refractivity contribution in [2.45, 2.75) is 33.2 Å². The molecule has 1 aliphatic heterocycles. The second-order valence-electron chi connectivity index (χ2n) is 8.17. The minimum atomic E-state index is 0.708. The molecule has 3 heterocycles. The maximum Gasteiger partial charge on any atom is 0.136 e. The number of hydrogen-bond donors (Lipinski definition) is 1. The van der Waals surface area contributed by atoms with E-state index in [9.17, 15) is 0 Å². The number of aromatic amines is 1. The van der Waals surface area contributed by atoms with Crippen molar-refractivity contribution < 1.29 is 0 Å². The fraction of sp³-hybridized carbons (Fsp3) is 0.240. The molecular formula is C25H23Cl2N5. The minimum absolute atomic E-state index is 0.708. The SMILES string of the molecule is Cc1nc(C)c(Cc2ccc(Cl)cc2)c(N2CCc3[nH]nc(-c4cccc(Cl)c4)c3C2)n1. The third-order valence-corrected chi connectivity index (χ3v) is 6.42. The third-order valence-electron chi connectivity index (χ3n) is 5.93. The average molecular weight is 464 g/mol. The van der Waals surface area contributed by atoms with E-state index in [0.717, 1.165) is 65.1 Å². The number of rotatable bonds is 4. The highest BCUT2D eigenvalue weighted by molar-refractivity contribution is 6.31. The van der Waals surface area contributed by atoms with E-state index in [1.54, 1.807) is 0 Å². The first-order valence-electron chi connectivity index (χ1n) is 10.6. The zero-order valence-electron chi connectivity index (χ0n) is 18.0. The number of aryl methyl sites for hydroxylation is 2. The van der Waals surface area contributed by atoms with Gasteiger partial charge in [0.15, 0.2) is 0 Å². The number of anilines is 1. The topological polar surface area (TPSA) is 57.7 Å². The largest absolute Gasteiger partial charge is 0.351 e. The molecule has 2 aromatic carbocycles. The van der Waals surface area contributed by atoms with Crippen LogP contribution in [0.5, 0.6) is 0 Å². The summed E-state index contributed by atoms with van der Waals surface area (Å²) in [6.45, 7) is 5.62. The van der Waals surface area contributed by atoms with E-state index in [1.807, 2.05) is 43.3 Å². The van der Waals surface area contributed by atoms with Crippen LogP contribution in [0.1, 0.15) is 33.9 Å². The van der Waals surface area contributed by atoms with Gasteiger partial charge in [-0.2, -0.15) is 5.10 Å². The summed E-state index contributed by atoms with van der Waals surface area (Å²) < 4.78 is 0. The summed E-state index contributed by atoms with van der Waals surface area (Å²) in [5.41, 5.74) is 7.70. The molecule has 0 aliphatic carbocycles. The number of fused-ring (bicyclic) bond motifs is 1. The molecule has 0 fully saturated rings. The molecule has 0 radical (unpaired) electrons. The van der Waals surface area contributed by atoms with Crippen LogP contribution in [0.15, 0.2) is 48.5 Å². The highest BCUT2D eigenvalue weighted by atomic mass is 35.5. The zero-order chi connectivity index (χ0) is 22.2. The molecule has 0 bridgehead atoms. The Labute approximate surface area is 197 Å². The van der Waals surface area contributed by atoms with Gasteiger partial charge in [0.05, 0.1) is 5.69 Å². The maximum absolute atomic E-state index is 6.24. The van der Waals surface area contributed by atoms with E-state index in [4.69, 9.17) is 28.2 Å². The van der Waals surface area contributed by atoms with Crippen LogP contribution in [0, 0.1) is 13.8 Å². The van der Waals surface area contributed by atoms with Gasteiger partial charge in [0, 0.05) is 64.1 Å². The number of benzene rings is 2. The summed E-state index contributed by atoms with van der Waals surface area (Å²) in [7, 11) is 0. The van der Waals surface area contributed by atoms with E-state index >= 15 is 0 Å². The van der Waals surface area contributed by atoms with Crippen molar-refractivity contribution in [2.24, 2.45) is 0 Å². The minimum Gasteiger partial charge on any atom is -0.351 e. The highest BCUT2D eigenvalue weighted by Crippen LogP contribution is 2.33. The number of hydrogen-bond acceptors (Lipinski definition) is 4. The lowest BCUT2D eigenvalue weighted by atomic mass is 9.99. The molecular weight excluding hydrogens is 441 g/mol. The van der Waals surface area contributed by atoms with Crippen molar-refractivity contribution in [1.82, 2.24) is 20.2 Å². The molecule has 0 saturated heterocycles. The Balaban J connectivity index is 1.52. The molecule has 0 saturated carbocycles. The lowest BCUT2D eigenvalue weighted by Gasteiger charge is -2.30. The molecule has 0 amide bonds. The molecule has 162 valence electrons. The van der Waals surface area contributed by atoms with Crippen LogP contribution in [0.3, 0.4) is 0 Å². The van der Waals surface area contributed by atoms with E-state index in [0.29, 0.717) is 5.02 Å². The van der Waals surface area contributed by atoms with Crippen LogP contribution in [0.4, 0.5) is 5.82 Å². The molecule has 7 heteroatoms. The Bertz CT molecular complexity index is 1280. The van der Waals surface area contributed by atoms with Gasteiger partial charge in [-0.25, -0.2) is 9.97 Å². The first-order chi connectivity index (χ1) is 15.5. The van der Waals surface area contributed by atoms with Gasteiger partial charge in [-0.1, -0.05) is 47.5 Å². The normalized spacial score (nSPS) is 13.3. The zero-order valence-corrected chi connectivity index (χ0v) is 19.5. The van der Waals surface area contributed by atoms with Gasteiger partial charge in [-0.15, -0.1) is 0 Å². The summed E-state index contributed by atoms with van der Waals surface area (Å²) >= 11 is 12.3. The Kier molecular flexibility index (Phi) is 5.62. The number of nitrogens with zero attached hydrogens (tertiary/aromatic N) is 4. The van der Waals surface area contributed by atoms with Crippen molar-refractivity contribution >= 4 is 29.0 Å². The van der Waals surface area contributed by atoms with Crippen molar-refractivity contribution in [3.63, 3.8) is 0 Å². The Morgan fingerprint density at radius 1 is 1.00 bits per heavy atom. The molecule has 1 N–H and O–H groups in total. The van der Waals surface area contributed by atoms with Crippen LogP contribution < -0.4 is 4.90 Å². The lowest BCUT2D eigenvalue weighted by Crippen LogP contribution is -2.32. The summed E-state index contributed by atoms with van der Waals surface area (Å²) in [5.74, 6) is 1.78. The van der Waals surface area contributed by atoms with Gasteiger partial charge < -0.3 is 4.90 Å². The molecule has 4 aromatic rings. The van der Waals surface area contributed by atoms with Gasteiger partial charge in [-0.3, -0.25) is 5.10 Å². The maximum atomic E-state index is 6.24. The van der Waals surface area contributed by atoms with Crippen LogP contribution >= 0.6 is 23.2 Å². The van der Waals surface area contributed by atoms with Gasteiger partial charge in [0.1, 0.15) is 11.6 Å². The van der Waals surface area contributed by atoms with E-state index in [-0.39, 0.29) is 0 Å². The van der Waals surface area contributed by atoms with Gasteiger partial charge in [0.25, 0.3) is 0 Å². The molecule has 1 aliphatic rings. The van der Waals surface area contributed by atoms with Gasteiger partial charge >= 0.3 is 0 Å². The summed E-state index contributed by atoms with van der Waals surface area (Å²) in [5, 5.41) is 9.30. The molecule has 2 aromatic heterocycles. The fourth-order valence-corrected chi connectivity index (χ4v) is 4.66. The van der Waals surface area contributed by atoms with Crippen molar-refractivity contribution in [3.05, 3.63) is 92.5 Å². The smallest absolute Gasteiger partial charge is 0.136 e. The summed E-state index contributed by atoms with van der Waals surface area (Å²) in [6, 6.07) is 15.8. The average Bonchev–Trinajstić information content (AvgIpc) is 3.20. The summed E-state index contributed by atoms with van der Waals surface area (Å²) in [6.07, 6.45) is 1.64. The quantitative estimate of drug-likeness (QED) is 0.406. The summed E-state index contributed by atoms with van der Waals surface area (Å²) in [4.78, 5) is 11.9. The van der Waals surface area contributed by atoms with Crippen LogP contribution in [-0.4, -0.2) is 26.7 Å². The molecule has 0 unspecified atom stereocenters. The number of aromatic nitrogens is 4. The fourth-order valence-electron chi connectivity index (χ4n) is 4.34. The first kappa shape index (κ1) is 21.0. The lowest BCUT2D eigenvalue weighted by molar-refractivity contribution is 0.701. The molecule has 0 spiro atoms. The monoisotopic (exact) mass is 463 g/mol. The standard InChI is InChI=1S/C25H23Cl2N5/c1-15-21(12-17-6-8-19(26)9-7-17)25(29-16(2)28-15)32-11-10-23-22(14-32)24(31-30-23)18-4-3-5-20(27)13-18/h3-9,13H,10-12,14H2,1-2H3,(H,30,31). The van der Waals surface area contributed by atoms with Crippen LogP contribution in [0.2, 0.25) is 10.0 Å². The van der Waals surface area contributed by atoms with Gasteiger partial charge in [-0.05, 0) is 43.7 Å². The first-order valence-corrected chi connectivity index (χ1v) is 11.4. The number of H-pyrrole nitrogens is 1. The van der Waals surface area contributed by atoms with Crippen molar-refractivity contribution in [1.29, 1.82) is 0 Å². The third kappa shape index (κ3) is 4.10. The number of nitrogens with one attached hydrogen (secondary N) is 1. The second kappa shape index (κ2) is 8.57. The Hall–Kier alpha value is -2.89. The van der Waals surface area contributed by atoms with E-state index in [2.05, 4.69) is 39.1 Å². The Morgan fingerprint density at radius 2 is 1.81 bits per heavy atom. The van der Waals surface area contributed by atoms with Crippen molar-refractivity contribution in [3.8, 4) is 11.3 Å². The predicted octanol–water partition coefficient (Wildman–Crippen LogP) is 5.94. The number of halogens is 2. The predicted molar refractivity (Wildman–Crippen MR) is 130 cm³/mol. The van der Waals surface area contributed by atoms with E-state index < -0.39 is 0 Å². The van der Waals surface area contributed by atoms with Crippen molar-refractivity contribution in [2.75, 3.05) is 11.4 Å². The van der Waals surface area contributed by atoms with E-state index in [1.165, 1.54) is 16.8 Å².